The van der Waals surface area contributed by atoms with Crippen LogP contribution >= 0.6 is 11.8 Å². The Bertz CT molecular complexity index is 1040. The second-order valence-electron chi connectivity index (χ2n) is 6.69. The Kier molecular flexibility index (Phi) is 6.62. The minimum absolute atomic E-state index is 0.0524. The summed E-state index contributed by atoms with van der Waals surface area (Å²) in [6.07, 6.45) is 3.78. The van der Waals surface area contributed by atoms with Crippen molar-refractivity contribution >= 4 is 17.7 Å². The first-order chi connectivity index (χ1) is 14.0. The molecule has 1 amide bonds. The van der Waals surface area contributed by atoms with Crippen LogP contribution < -0.4 is 0 Å². The molecule has 0 aliphatic carbocycles. The normalized spacial score (nSPS) is 10.6. The summed E-state index contributed by atoms with van der Waals surface area (Å²) < 4.78 is 1.97. The van der Waals surface area contributed by atoms with Gasteiger partial charge in [0.1, 0.15) is 0 Å². The van der Waals surface area contributed by atoms with Crippen molar-refractivity contribution in [1.29, 1.82) is 5.26 Å². The molecule has 0 atom stereocenters. The van der Waals surface area contributed by atoms with Crippen LogP contribution in [0.2, 0.25) is 0 Å². The van der Waals surface area contributed by atoms with Gasteiger partial charge in [-0.1, -0.05) is 29.5 Å². The molecule has 7 nitrogen and oxygen atoms in total. The Hall–Kier alpha value is -3.18. The number of benzene rings is 1. The molecule has 3 rings (SSSR count). The molecule has 148 valence electrons. The number of hydrogen-bond donors (Lipinski definition) is 0. The van der Waals surface area contributed by atoms with E-state index in [1.54, 1.807) is 24.3 Å². The molecule has 3 aromatic rings. The van der Waals surface area contributed by atoms with Crippen LogP contribution in [-0.4, -0.2) is 49.9 Å². The predicted molar refractivity (Wildman–Crippen MR) is 113 cm³/mol. The lowest BCUT2D eigenvalue weighted by molar-refractivity contribution is -0.127. The van der Waals surface area contributed by atoms with Crippen LogP contribution in [0.3, 0.4) is 0 Å². The highest BCUT2D eigenvalue weighted by Crippen LogP contribution is 2.29. The standard InChI is InChI=1S/C21H22N6OS/c1-15-7-8-18(16(2)12-15)27-20(17-6-4-10-23-13-17)24-25-21(27)29-14-19(28)26(3)11-5-9-22/h4,6-8,10,12-13H,5,11,14H2,1-3H3. The van der Waals surface area contributed by atoms with Crippen LogP contribution in [0.25, 0.3) is 17.1 Å². The molecule has 0 aliphatic heterocycles. The van der Waals surface area contributed by atoms with Crippen LogP contribution in [0.1, 0.15) is 17.5 Å². The number of nitriles is 1. The Morgan fingerprint density at radius 2 is 2.10 bits per heavy atom. The highest BCUT2D eigenvalue weighted by Gasteiger charge is 2.19. The molecule has 0 fully saturated rings. The summed E-state index contributed by atoms with van der Waals surface area (Å²) in [5.74, 6) is 0.846. The van der Waals surface area contributed by atoms with Crippen molar-refractivity contribution in [2.45, 2.75) is 25.4 Å². The molecular formula is C21H22N6OS. The fourth-order valence-corrected chi connectivity index (χ4v) is 3.78. The van der Waals surface area contributed by atoms with Gasteiger partial charge >= 0.3 is 0 Å². The van der Waals surface area contributed by atoms with Gasteiger partial charge in [-0.15, -0.1) is 10.2 Å². The van der Waals surface area contributed by atoms with Crippen LogP contribution in [0, 0.1) is 25.2 Å². The van der Waals surface area contributed by atoms with Gasteiger partial charge in [-0.25, -0.2) is 0 Å². The number of rotatable bonds is 7. The molecular weight excluding hydrogens is 384 g/mol. The van der Waals surface area contributed by atoms with Crippen molar-refractivity contribution in [3.63, 3.8) is 0 Å². The third-order valence-corrected chi connectivity index (χ3v) is 5.37. The molecule has 0 unspecified atom stereocenters. The number of amides is 1. The SMILES string of the molecule is Cc1ccc(-n2c(SCC(=O)N(C)CCC#N)nnc2-c2cccnc2)c(C)c1. The van der Waals surface area contributed by atoms with E-state index >= 15 is 0 Å². The second-order valence-corrected chi connectivity index (χ2v) is 7.63. The van der Waals surface area contributed by atoms with Crippen molar-refractivity contribution < 1.29 is 4.79 Å². The van der Waals surface area contributed by atoms with E-state index in [9.17, 15) is 4.79 Å². The zero-order chi connectivity index (χ0) is 20.8. The largest absolute Gasteiger partial charge is 0.344 e. The number of carbonyl (C=O) groups excluding carboxylic acids is 1. The third kappa shape index (κ3) is 4.81. The van der Waals surface area contributed by atoms with E-state index in [1.165, 1.54) is 17.3 Å². The van der Waals surface area contributed by atoms with Gasteiger partial charge in [0.25, 0.3) is 0 Å². The lowest BCUT2D eigenvalue weighted by atomic mass is 10.1. The second kappa shape index (κ2) is 9.34. The van der Waals surface area contributed by atoms with Crippen LogP contribution in [0.4, 0.5) is 0 Å². The maximum atomic E-state index is 12.4. The molecule has 0 radical (unpaired) electrons. The van der Waals surface area contributed by atoms with Gasteiger partial charge in [-0.2, -0.15) is 5.26 Å². The fraction of sp³-hybridized carbons (Fsp3) is 0.286. The smallest absolute Gasteiger partial charge is 0.232 e. The quantitative estimate of drug-likeness (QED) is 0.559. The first kappa shape index (κ1) is 20.6. The highest BCUT2D eigenvalue weighted by atomic mass is 32.2. The van der Waals surface area contributed by atoms with Crippen LogP contribution in [0.5, 0.6) is 0 Å². The van der Waals surface area contributed by atoms with Gasteiger partial charge in [0, 0.05) is 31.5 Å². The Labute approximate surface area is 174 Å². The van der Waals surface area contributed by atoms with Crippen molar-refractivity contribution in [1.82, 2.24) is 24.6 Å². The zero-order valence-corrected chi connectivity index (χ0v) is 17.5. The number of thioether (sulfide) groups is 1. The Morgan fingerprint density at radius 1 is 1.28 bits per heavy atom. The maximum Gasteiger partial charge on any atom is 0.232 e. The van der Waals surface area contributed by atoms with E-state index in [4.69, 9.17) is 5.26 Å². The third-order valence-electron chi connectivity index (χ3n) is 4.46. The fourth-order valence-electron chi connectivity index (χ4n) is 2.90. The topological polar surface area (TPSA) is 87.7 Å². The van der Waals surface area contributed by atoms with Crippen molar-refractivity contribution in [3.05, 3.63) is 53.9 Å². The number of aryl methyl sites for hydroxylation is 2. The van der Waals surface area contributed by atoms with E-state index < -0.39 is 0 Å². The van der Waals surface area contributed by atoms with Gasteiger partial charge < -0.3 is 4.90 Å². The first-order valence-electron chi connectivity index (χ1n) is 9.18. The molecule has 0 saturated heterocycles. The number of pyridine rings is 1. The maximum absolute atomic E-state index is 12.4. The first-order valence-corrected chi connectivity index (χ1v) is 10.2. The monoisotopic (exact) mass is 406 g/mol. The predicted octanol–water partition coefficient (Wildman–Crippen LogP) is 3.41. The number of nitrogens with zero attached hydrogens (tertiary/aromatic N) is 6. The summed E-state index contributed by atoms with van der Waals surface area (Å²) >= 11 is 1.34. The van der Waals surface area contributed by atoms with E-state index in [-0.39, 0.29) is 11.7 Å². The average molecular weight is 407 g/mol. The van der Waals surface area contributed by atoms with E-state index in [0.29, 0.717) is 23.9 Å². The summed E-state index contributed by atoms with van der Waals surface area (Å²) in [6, 6.07) is 12.0. The van der Waals surface area contributed by atoms with Crippen molar-refractivity contribution in [3.8, 4) is 23.1 Å². The highest BCUT2D eigenvalue weighted by molar-refractivity contribution is 7.99. The van der Waals surface area contributed by atoms with Crippen LogP contribution in [0.15, 0.2) is 47.9 Å². The molecule has 8 heteroatoms. The van der Waals surface area contributed by atoms with Crippen molar-refractivity contribution in [2.24, 2.45) is 0 Å². The van der Waals surface area contributed by atoms with E-state index in [1.807, 2.05) is 35.8 Å². The molecule has 2 heterocycles. The summed E-state index contributed by atoms with van der Waals surface area (Å²) in [6.45, 7) is 4.52. The van der Waals surface area contributed by atoms with Gasteiger partial charge in [0.15, 0.2) is 11.0 Å². The molecule has 1 aromatic carbocycles. The number of carbonyl (C=O) groups is 1. The number of aromatic nitrogens is 4. The van der Waals surface area contributed by atoms with Gasteiger partial charge in [0.05, 0.1) is 23.9 Å². The van der Waals surface area contributed by atoms with Crippen LogP contribution in [-0.2, 0) is 4.79 Å². The summed E-state index contributed by atoms with van der Waals surface area (Å²) in [5.41, 5.74) is 4.08. The minimum Gasteiger partial charge on any atom is -0.344 e. The van der Waals surface area contributed by atoms with E-state index in [0.717, 1.165) is 16.8 Å². The number of hydrogen-bond acceptors (Lipinski definition) is 6. The lowest BCUT2D eigenvalue weighted by Crippen LogP contribution is -2.29. The minimum atomic E-state index is -0.0524. The molecule has 0 bridgehead atoms. The molecule has 0 spiro atoms. The molecule has 29 heavy (non-hydrogen) atoms. The lowest BCUT2D eigenvalue weighted by Gasteiger charge is -2.16. The summed E-state index contributed by atoms with van der Waals surface area (Å²) in [4.78, 5) is 18.1. The molecule has 0 aliphatic rings. The molecule has 2 aromatic heterocycles. The van der Waals surface area contributed by atoms with Gasteiger partial charge in [0.2, 0.25) is 5.91 Å². The average Bonchev–Trinajstić information content (AvgIpc) is 3.14. The Balaban J connectivity index is 1.95. The Morgan fingerprint density at radius 3 is 2.79 bits per heavy atom. The summed E-state index contributed by atoms with van der Waals surface area (Å²) in [7, 11) is 1.70. The van der Waals surface area contributed by atoms with E-state index in [2.05, 4.69) is 34.2 Å². The molecule has 0 saturated carbocycles. The zero-order valence-electron chi connectivity index (χ0n) is 16.7. The van der Waals surface area contributed by atoms with Gasteiger partial charge in [-0.3, -0.25) is 14.3 Å². The summed E-state index contributed by atoms with van der Waals surface area (Å²) in [5, 5.41) is 18.1. The molecule has 0 N–H and O–H groups in total. The van der Waals surface area contributed by atoms with Gasteiger partial charge in [-0.05, 0) is 37.6 Å². The van der Waals surface area contributed by atoms with Crippen molar-refractivity contribution in [2.75, 3.05) is 19.3 Å².